The number of primary sulfonamides is 1. The number of hydrogen-bond donors (Lipinski definition) is 1. The summed E-state index contributed by atoms with van der Waals surface area (Å²) in [5, 5.41) is 12.3. The highest BCUT2D eigenvalue weighted by Gasteiger charge is 2.18. The zero-order chi connectivity index (χ0) is 11.5. The average Bonchev–Trinajstić information content (AvgIpc) is 2.62. The fourth-order valence-corrected chi connectivity index (χ4v) is 1.22. The van der Waals surface area contributed by atoms with Crippen LogP contribution in [0.15, 0.2) is 21.6 Å². The normalized spacial score (nSPS) is 10.7. The fraction of sp³-hybridized carbons (Fsp3) is 0.143. The summed E-state index contributed by atoms with van der Waals surface area (Å²) >= 11 is 0. The average molecular weight is 230 g/mol. The van der Waals surface area contributed by atoms with Crippen molar-refractivity contribution in [3.05, 3.63) is 17.9 Å². The first kappa shape index (κ1) is 11.2. The minimum absolute atomic E-state index is 0.325. The van der Waals surface area contributed by atoms with Gasteiger partial charge in [-0.2, -0.15) is 5.26 Å². The lowest BCUT2D eigenvalue weighted by molar-refractivity contribution is 0.0513. The summed E-state index contributed by atoms with van der Waals surface area (Å²) in [5.41, 5.74) is 0. The van der Waals surface area contributed by atoms with Crippen molar-refractivity contribution >= 4 is 16.0 Å². The molecule has 0 amide bonds. The van der Waals surface area contributed by atoms with Gasteiger partial charge in [0.2, 0.25) is 10.9 Å². The van der Waals surface area contributed by atoms with Crippen molar-refractivity contribution in [3.63, 3.8) is 0 Å². The van der Waals surface area contributed by atoms with Crippen LogP contribution in [0.1, 0.15) is 10.6 Å². The molecule has 0 fully saturated rings. The standard InChI is InChI=1S/C7H6N2O5S/c8-3-4-13-7(10)5-1-2-6(14-5)15(9,11)12/h1-2H,4H2,(H2,9,11,12). The van der Waals surface area contributed by atoms with Gasteiger partial charge in [-0.3, -0.25) is 0 Å². The Labute approximate surface area is 85.1 Å². The molecule has 0 saturated carbocycles. The fourth-order valence-electron chi connectivity index (χ4n) is 0.752. The van der Waals surface area contributed by atoms with Crippen molar-refractivity contribution in [1.82, 2.24) is 0 Å². The summed E-state index contributed by atoms with van der Waals surface area (Å²) in [6.07, 6.45) is 0. The second-order valence-electron chi connectivity index (χ2n) is 2.40. The number of nitrogens with two attached hydrogens (primary N) is 1. The van der Waals surface area contributed by atoms with Crippen LogP contribution in [0, 0.1) is 11.3 Å². The Morgan fingerprint density at radius 3 is 2.73 bits per heavy atom. The van der Waals surface area contributed by atoms with Gasteiger partial charge in [0, 0.05) is 0 Å². The molecule has 8 heteroatoms. The van der Waals surface area contributed by atoms with Gasteiger partial charge in [-0.1, -0.05) is 0 Å². The van der Waals surface area contributed by atoms with Gasteiger partial charge in [-0.25, -0.2) is 18.4 Å². The minimum Gasteiger partial charge on any atom is -0.444 e. The number of rotatable bonds is 3. The monoisotopic (exact) mass is 230 g/mol. The number of furan rings is 1. The third kappa shape index (κ3) is 2.80. The van der Waals surface area contributed by atoms with Crippen LogP contribution in [0.4, 0.5) is 0 Å². The summed E-state index contributed by atoms with van der Waals surface area (Å²) in [7, 11) is -3.98. The molecule has 0 radical (unpaired) electrons. The zero-order valence-corrected chi connectivity index (χ0v) is 8.15. The Bertz CT molecular complexity index is 510. The topological polar surface area (TPSA) is 123 Å². The Morgan fingerprint density at radius 2 is 2.27 bits per heavy atom. The summed E-state index contributed by atoms with van der Waals surface area (Å²) in [4.78, 5) is 11.0. The molecule has 0 aliphatic heterocycles. The molecule has 0 atom stereocenters. The van der Waals surface area contributed by atoms with E-state index in [-0.39, 0.29) is 5.76 Å². The molecule has 7 nitrogen and oxygen atoms in total. The summed E-state index contributed by atoms with van der Waals surface area (Å²) in [6.45, 7) is -0.440. The summed E-state index contributed by atoms with van der Waals surface area (Å²) in [5.74, 6) is -1.25. The van der Waals surface area contributed by atoms with Crippen LogP contribution in [0.3, 0.4) is 0 Å². The number of hydrogen-bond acceptors (Lipinski definition) is 6. The SMILES string of the molecule is N#CCOC(=O)c1ccc(S(N)(=O)=O)o1. The van der Waals surface area contributed by atoms with Crippen LogP contribution in [-0.2, 0) is 14.8 Å². The Kier molecular flexibility index (Phi) is 3.08. The van der Waals surface area contributed by atoms with Crippen molar-refractivity contribution < 1.29 is 22.4 Å². The van der Waals surface area contributed by atoms with E-state index in [1.54, 1.807) is 6.07 Å². The maximum absolute atomic E-state index is 11.0. The molecule has 0 unspecified atom stereocenters. The van der Waals surface area contributed by atoms with E-state index in [4.69, 9.17) is 10.4 Å². The number of carbonyl (C=O) groups is 1. The van der Waals surface area contributed by atoms with Gasteiger partial charge in [-0.05, 0) is 12.1 Å². The van der Waals surface area contributed by atoms with Gasteiger partial charge in [0.05, 0.1) is 0 Å². The van der Waals surface area contributed by atoms with Gasteiger partial charge in [0.1, 0.15) is 6.07 Å². The number of ether oxygens (including phenoxy) is 1. The Hall–Kier alpha value is -1.85. The molecular formula is C7H6N2O5S. The highest BCUT2D eigenvalue weighted by Crippen LogP contribution is 2.12. The van der Waals surface area contributed by atoms with E-state index in [2.05, 4.69) is 9.15 Å². The molecule has 0 aromatic carbocycles. The largest absolute Gasteiger partial charge is 0.444 e. The lowest BCUT2D eigenvalue weighted by Gasteiger charge is -1.95. The van der Waals surface area contributed by atoms with E-state index in [1.165, 1.54) is 0 Å². The number of nitriles is 1. The number of esters is 1. The molecule has 1 aromatic rings. The van der Waals surface area contributed by atoms with E-state index in [0.29, 0.717) is 0 Å². The number of carbonyl (C=O) groups excluding carboxylic acids is 1. The van der Waals surface area contributed by atoms with E-state index in [0.717, 1.165) is 12.1 Å². The highest BCUT2D eigenvalue weighted by molar-refractivity contribution is 7.89. The summed E-state index contributed by atoms with van der Waals surface area (Å²) in [6, 6.07) is 3.70. The minimum atomic E-state index is -3.98. The van der Waals surface area contributed by atoms with Crippen LogP contribution in [0.5, 0.6) is 0 Å². The second-order valence-corrected chi connectivity index (χ2v) is 3.89. The van der Waals surface area contributed by atoms with Gasteiger partial charge in [-0.15, -0.1) is 0 Å². The molecule has 80 valence electrons. The number of sulfonamides is 1. The van der Waals surface area contributed by atoms with Crippen LogP contribution in [0.25, 0.3) is 0 Å². The Morgan fingerprint density at radius 1 is 1.60 bits per heavy atom. The van der Waals surface area contributed by atoms with Gasteiger partial charge < -0.3 is 9.15 Å². The molecule has 0 saturated heterocycles. The molecule has 0 spiro atoms. The second kappa shape index (κ2) is 4.12. The molecular weight excluding hydrogens is 224 g/mol. The predicted molar refractivity (Wildman–Crippen MR) is 46.0 cm³/mol. The van der Waals surface area contributed by atoms with Crippen molar-refractivity contribution in [2.75, 3.05) is 6.61 Å². The van der Waals surface area contributed by atoms with Crippen molar-refractivity contribution in [2.24, 2.45) is 5.14 Å². The predicted octanol–water partition coefficient (Wildman–Crippen LogP) is -0.393. The molecule has 0 aliphatic carbocycles. The van der Waals surface area contributed by atoms with Crippen LogP contribution in [-0.4, -0.2) is 21.0 Å². The smallest absolute Gasteiger partial charge is 0.375 e. The maximum atomic E-state index is 11.0. The number of nitrogens with zero attached hydrogens (tertiary/aromatic N) is 1. The van der Waals surface area contributed by atoms with Gasteiger partial charge in [0.15, 0.2) is 6.61 Å². The first-order valence-electron chi connectivity index (χ1n) is 3.62. The molecule has 0 bridgehead atoms. The van der Waals surface area contributed by atoms with Crippen LogP contribution in [0.2, 0.25) is 0 Å². The van der Waals surface area contributed by atoms with E-state index < -0.39 is 27.7 Å². The molecule has 2 N–H and O–H groups in total. The van der Waals surface area contributed by atoms with Crippen molar-refractivity contribution in [1.29, 1.82) is 5.26 Å². The zero-order valence-electron chi connectivity index (χ0n) is 7.34. The first-order chi connectivity index (χ1) is 6.95. The highest BCUT2D eigenvalue weighted by atomic mass is 32.2. The van der Waals surface area contributed by atoms with E-state index in [1.807, 2.05) is 0 Å². The van der Waals surface area contributed by atoms with Gasteiger partial charge in [0.25, 0.3) is 10.0 Å². The van der Waals surface area contributed by atoms with Crippen molar-refractivity contribution in [2.45, 2.75) is 5.09 Å². The maximum Gasteiger partial charge on any atom is 0.375 e. The molecule has 0 aliphatic rings. The third-order valence-electron chi connectivity index (χ3n) is 1.33. The Balaban J connectivity index is 2.86. The lowest BCUT2D eigenvalue weighted by atomic mass is 10.5. The van der Waals surface area contributed by atoms with Crippen LogP contribution < -0.4 is 5.14 Å². The summed E-state index contributed by atoms with van der Waals surface area (Å²) < 4.78 is 30.5. The molecule has 15 heavy (non-hydrogen) atoms. The first-order valence-corrected chi connectivity index (χ1v) is 5.16. The molecule has 1 rings (SSSR count). The van der Waals surface area contributed by atoms with Crippen LogP contribution >= 0.6 is 0 Å². The molecule has 1 heterocycles. The van der Waals surface area contributed by atoms with E-state index in [9.17, 15) is 13.2 Å². The third-order valence-corrected chi connectivity index (χ3v) is 2.11. The lowest BCUT2D eigenvalue weighted by Crippen LogP contribution is -2.11. The van der Waals surface area contributed by atoms with E-state index >= 15 is 0 Å². The quantitative estimate of drug-likeness (QED) is 0.705. The molecule has 1 aromatic heterocycles. The van der Waals surface area contributed by atoms with Crippen molar-refractivity contribution in [3.8, 4) is 6.07 Å². The van der Waals surface area contributed by atoms with Gasteiger partial charge >= 0.3 is 5.97 Å².